The van der Waals surface area contributed by atoms with E-state index in [1.54, 1.807) is 34.6 Å². The molecule has 21 heteroatoms. The molecule has 0 bridgehead atoms. The van der Waals surface area contributed by atoms with E-state index in [4.69, 9.17) is 10.8 Å². The Morgan fingerprint density at radius 3 is 1.77 bits per heavy atom. The van der Waals surface area contributed by atoms with E-state index in [9.17, 15) is 63.0 Å². The highest BCUT2D eigenvalue weighted by molar-refractivity contribution is 6.37. The van der Waals surface area contributed by atoms with Crippen LogP contribution in [-0.4, -0.2) is 117 Å². The standard InChI is InChI=1S/C40H59N7O14/c1-7-8-12-24(34(57)36(41)58)44-37(59)26(18-21(2)3)46-39(61)35(40(4,5)6)47-29(49)20-42-23-13-10-9-11-22(23)33(56)25(14-16-30(50)51)45-38(60)27(19-32(54)55)43-28(48)15-17-31(52)53/h9-11,13,21,24-27,35,42H,7-8,12,14-20H2,1-6H3,(H2,41,58)(H,43,48)(H,44,59)(H,45,60)(H,46,61)(H,47,49)(H,50,51)(H,52,53)(H,54,55)/t24?,25-,26-,27-,35+/m0/s1. The number of hydrogen-bond acceptors (Lipinski definition) is 12. The third-order valence-electron chi connectivity index (χ3n) is 9.00. The van der Waals surface area contributed by atoms with Gasteiger partial charge in [-0.15, -0.1) is 0 Å². The van der Waals surface area contributed by atoms with Gasteiger partial charge >= 0.3 is 17.9 Å². The number of carbonyl (C=O) groups is 11. The molecule has 5 atom stereocenters. The molecule has 1 unspecified atom stereocenters. The molecule has 61 heavy (non-hydrogen) atoms. The maximum absolute atomic E-state index is 13.9. The van der Waals surface area contributed by atoms with Crippen LogP contribution in [0.15, 0.2) is 24.3 Å². The Morgan fingerprint density at radius 1 is 0.656 bits per heavy atom. The van der Waals surface area contributed by atoms with Gasteiger partial charge in [-0.05, 0) is 42.7 Å². The molecule has 0 aromatic heterocycles. The van der Waals surface area contributed by atoms with Gasteiger partial charge < -0.3 is 53.0 Å². The number of hydrogen-bond donors (Lipinski definition) is 10. The van der Waals surface area contributed by atoms with E-state index >= 15 is 0 Å². The molecular formula is C40H59N7O14. The predicted octanol–water partition coefficient (Wildman–Crippen LogP) is 0.246. The molecule has 0 fully saturated rings. The summed E-state index contributed by atoms with van der Waals surface area (Å²) in [6.45, 7) is 9.93. The van der Waals surface area contributed by atoms with Crippen molar-refractivity contribution in [3.8, 4) is 0 Å². The highest BCUT2D eigenvalue weighted by atomic mass is 16.4. The van der Waals surface area contributed by atoms with E-state index in [0.29, 0.717) is 12.8 Å². The molecule has 338 valence electrons. The van der Waals surface area contributed by atoms with Gasteiger partial charge in [0, 0.05) is 24.1 Å². The molecule has 1 aromatic carbocycles. The van der Waals surface area contributed by atoms with Crippen LogP contribution in [0, 0.1) is 11.3 Å². The number of anilines is 1. The maximum atomic E-state index is 13.9. The fraction of sp³-hybridized carbons (Fsp3) is 0.575. The maximum Gasteiger partial charge on any atom is 0.305 e. The van der Waals surface area contributed by atoms with Crippen LogP contribution in [0.25, 0.3) is 0 Å². The number of para-hydroxylation sites is 1. The Balaban J connectivity index is 3.29. The summed E-state index contributed by atoms with van der Waals surface area (Å²) in [5.74, 6) is -11.6. The Labute approximate surface area is 353 Å². The molecule has 0 aliphatic rings. The van der Waals surface area contributed by atoms with Crippen LogP contribution in [0.4, 0.5) is 5.69 Å². The molecule has 1 rings (SSSR count). The molecule has 0 aliphatic carbocycles. The number of unbranched alkanes of at least 4 members (excludes halogenated alkanes) is 1. The van der Waals surface area contributed by atoms with E-state index < -0.39 is 139 Å². The lowest BCUT2D eigenvalue weighted by Crippen LogP contribution is -2.59. The van der Waals surface area contributed by atoms with E-state index in [1.165, 1.54) is 24.3 Å². The molecule has 11 N–H and O–H groups in total. The average Bonchev–Trinajstić information content (AvgIpc) is 3.16. The van der Waals surface area contributed by atoms with Gasteiger partial charge in [-0.2, -0.15) is 0 Å². The fourth-order valence-electron chi connectivity index (χ4n) is 5.86. The number of primary amides is 1. The molecular weight excluding hydrogens is 802 g/mol. The number of carboxylic acids is 3. The van der Waals surface area contributed by atoms with Crippen LogP contribution in [0.5, 0.6) is 0 Å². The molecule has 0 radical (unpaired) electrons. The van der Waals surface area contributed by atoms with E-state index in [1.807, 2.05) is 6.92 Å². The number of carbonyl (C=O) groups excluding carboxylic acids is 8. The van der Waals surface area contributed by atoms with Crippen molar-refractivity contribution in [3.63, 3.8) is 0 Å². The van der Waals surface area contributed by atoms with Crippen LogP contribution in [0.2, 0.25) is 0 Å². The zero-order valence-corrected chi connectivity index (χ0v) is 35.3. The third kappa shape index (κ3) is 19.5. The minimum Gasteiger partial charge on any atom is -0.481 e. The number of carboxylic acid groups (broad SMARTS) is 3. The fourth-order valence-corrected chi connectivity index (χ4v) is 5.86. The van der Waals surface area contributed by atoms with Crippen molar-refractivity contribution in [1.29, 1.82) is 0 Å². The molecule has 0 saturated carbocycles. The second-order valence-corrected chi connectivity index (χ2v) is 15.9. The van der Waals surface area contributed by atoms with Crippen molar-refractivity contribution in [2.24, 2.45) is 17.1 Å². The predicted molar refractivity (Wildman–Crippen MR) is 218 cm³/mol. The number of nitrogens with two attached hydrogens (primary N) is 1. The Kier molecular flexibility index (Phi) is 21.8. The highest BCUT2D eigenvalue weighted by Gasteiger charge is 2.37. The van der Waals surface area contributed by atoms with Crippen molar-refractivity contribution < 1.29 is 68.1 Å². The number of Topliss-reactive ketones (excluding diaryl/α,β-unsaturated/α-hetero) is 2. The lowest BCUT2D eigenvalue weighted by Gasteiger charge is -2.32. The van der Waals surface area contributed by atoms with Gasteiger partial charge in [-0.1, -0.05) is 66.5 Å². The number of amides is 6. The number of ketones is 2. The van der Waals surface area contributed by atoms with Gasteiger partial charge in [0.25, 0.3) is 5.91 Å². The quantitative estimate of drug-likeness (QED) is 0.0399. The monoisotopic (exact) mass is 861 g/mol. The normalized spacial score (nSPS) is 13.6. The summed E-state index contributed by atoms with van der Waals surface area (Å²) >= 11 is 0. The Hall–Kier alpha value is -6.41. The van der Waals surface area contributed by atoms with Crippen molar-refractivity contribution >= 4 is 70.6 Å². The van der Waals surface area contributed by atoms with Crippen molar-refractivity contribution in [1.82, 2.24) is 26.6 Å². The van der Waals surface area contributed by atoms with Crippen LogP contribution in [-0.2, 0) is 47.9 Å². The Bertz CT molecular complexity index is 1790. The van der Waals surface area contributed by atoms with Crippen LogP contribution in [0.1, 0.15) is 110 Å². The second-order valence-electron chi connectivity index (χ2n) is 15.9. The van der Waals surface area contributed by atoms with Crippen molar-refractivity contribution in [2.75, 3.05) is 11.9 Å². The minimum absolute atomic E-state index is 0.0508. The lowest BCUT2D eigenvalue weighted by atomic mass is 9.85. The zero-order chi connectivity index (χ0) is 46.6. The molecule has 0 heterocycles. The van der Waals surface area contributed by atoms with Crippen LogP contribution < -0.4 is 37.6 Å². The molecule has 0 aliphatic heterocycles. The largest absolute Gasteiger partial charge is 0.481 e. The van der Waals surface area contributed by atoms with Gasteiger partial charge in [0.15, 0.2) is 5.78 Å². The summed E-state index contributed by atoms with van der Waals surface area (Å²) in [5.41, 5.74) is 4.20. The Morgan fingerprint density at radius 2 is 1.23 bits per heavy atom. The number of nitrogens with one attached hydrogen (secondary N) is 6. The lowest BCUT2D eigenvalue weighted by molar-refractivity contribution is -0.142. The summed E-state index contributed by atoms with van der Waals surface area (Å²) in [7, 11) is 0. The topological polar surface area (TPSA) is 347 Å². The third-order valence-corrected chi connectivity index (χ3v) is 9.00. The summed E-state index contributed by atoms with van der Waals surface area (Å²) < 4.78 is 0. The number of rotatable bonds is 28. The number of benzene rings is 1. The molecule has 21 nitrogen and oxygen atoms in total. The van der Waals surface area contributed by atoms with Crippen molar-refractivity contribution in [2.45, 2.75) is 130 Å². The molecule has 1 aromatic rings. The average molecular weight is 862 g/mol. The first-order valence-corrected chi connectivity index (χ1v) is 19.7. The van der Waals surface area contributed by atoms with E-state index in [0.717, 1.165) is 0 Å². The van der Waals surface area contributed by atoms with Gasteiger partial charge in [0.2, 0.25) is 35.3 Å². The van der Waals surface area contributed by atoms with Crippen molar-refractivity contribution in [3.05, 3.63) is 29.8 Å². The van der Waals surface area contributed by atoms with E-state index in [-0.39, 0.29) is 30.0 Å². The summed E-state index contributed by atoms with van der Waals surface area (Å²) in [6, 6.07) is -1.25. The zero-order valence-electron chi connectivity index (χ0n) is 35.3. The SMILES string of the molecule is CCCCC(NC(=O)[C@H](CC(C)C)NC(=O)[C@@H](NC(=O)CNc1ccccc1C(=O)[C@H](CCC(=O)O)NC(=O)[C@H](CC(=O)O)NC(=O)CCC(=O)O)C(C)(C)C)C(=O)C(N)=O. The summed E-state index contributed by atoms with van der Waals surface area (Å²) in [6.07, 6.45) is -1.77. The van der Waals surface area contributed by atoms with Crippen LogP contribution >= 0.6 is 0 Å². The highest BCUT2D eigenvalue weighted by Crippen LogP contribution is 2.22. The molecule has 0 saturated heterocycles. The molecule has 0 spiro atoms. The van der Waals surface area contributed by atoms with Gasteiger partial charge in [-0.3, -0.25) is 52.7 Å². The first kappa shape index (κ1) is 52.6. The van der Waals surface area contributed by atoms with Gasteiger partial charge in [0.1, 0.15) is 18.1 Å². The van der Waals surface area contributed by atoms with Gasteiger partial charge in [0.05, 0.1) is 31.5 Å². The smallest absolute Gasteiger partial charge is 0.305 e. The number of aliphatic carboxylic acids is 3. The van der Waals surface area contributed by atoms with E-state index in [2.05, 4.69) is 31.9 Å². The second kappa shape index (κ2) is 25.3. The minimum atomic E-state index is -1.76. The molecule has 6 amide bonds. The summed E-state index contributed by atoms with van der Waals surface area (Å²) in [5, 5.41) is 42.6. The first-order valence-electron chi connectivity index (χ1n) is 19.7. The van der Waals surface area contributed by atoms with Crippen LogP contribution in [0.3, 0.4) is 0 Å². The first-order chi connectivity index (χ1) is 28.4. The summed E-state index contributed by atoms with van der Waals surface area (Å²) in [4.78, 5) is 138. The van der Waals surface area contributed by atoms with Gasteiger partial charge in [-0.25, -0.2) is 0 Å².